The van der Waals surface area contributed by atoms with E-state index in [0.717, 1.165) is 56.4 Å². The van der Waals surface area contributed by atoms with Crippen molar-refractivity contribution >= 4 is 27.3 Å². The molecule has 1 unspecified atom stereocenters. The number of nitrogens with zero attached hydrogens (tertiary/aromatic N) is 2. The fourth-order valence-corrected chi connectivity index (χ4v) is 9.90. The number of carbonyl (C=O) groups is 1. The number of aliphatic hydroxyl groups is 1. The summed E-state index contributed by atoms with van der Waals surface area (Å²) in [6.07, 6.45) is 15.3. The fraction of sp³-hybridized carbons (Fsp3) is 0.441. The van der Waals surface area contributed by atoms with E-state index in [1.54, 1.807) is 6.92 Å². The summed E-state index contributed by atoms with van der Waals surface area (Å²) in [5, 5.41) is 14.0. The Morgan fingerprint density at radius 2 is 1.18 bits per heavy atom. The molecule has 2 aliphatic rings. The summed E-state index contributed by atoms with van der Waals surface area (Å²) in [5.41, 5.74) is 11.3. The SMILES string of the molecule is CCC(CC)C(=O)/C=C(\O)C(CC)CC(F)F.Cc1[c-]c(-c2nccc3cc(C4CCCCC4)ccc23)cc(C)c1.[2H]c1nc(-c2[c-]c(C)cc(C)c2)c2ccc(C3CCCCC3)cc2c1[2H].[Ir]. The van der Waals surface area contributed by atoms with Crippen molar-refractivity contribution in [3.8, 4) is 22.5 Å². The van der Waals surface area contributed by atoms with Crippen LogP contribution in [-0.2, 0) is 24.9 Å². The maximum atomic E-state index is 12.2. The van der Waals surface area contributed by atoms with Gasteiger partial charge >= 0.3 is 0 Å². The quantitative estimate of drug-likeness (QED) is 0.0754. The Hall–Kier alpha value is -4.58. The Morgan fingerprint density at radius 3 is 1.67 bits per heavy atom. The number of allylic oxidation sites excluding steroid dienone is 2. The zero-order valence-electron chi connectivity index (χ0n) is 42.1. The van der Waals surface area contributed by atoms with Crippen LogP contribution in [0.2, 0.25) is 0 Å². The number of rotatable bonds is 12. The Balaban J connectivity index is 0.000000194. The first-order chi connectivity index (χ1) is 32.2. The van der Waals surface area contributed by atoms with Gasteiger partial charge in [-0.3, -0.25) is 4.79 Å². The van der Waals surface area contributed by atoms with Gasteiger partial charge in [0.1, 0.15) is 0 Å². The predicted molar refractivity (Wildman–Crippen MR) is 267 cm³/mol. The summed E-state index contributed by atoms with van der Waals surface area (Å²) in [6.45, 7) is 13.8. The van der Waals surface area contributed by atoms with Crippen LogP contribution in [0.1, 0.15) is 159 Å². The Morgan fingerprint density at radius 1 is 0.697 bits per heavy atom. The molecule has 2 aromatic heterocycles. The van der Waals surface area contributed by atoms with E-state index in [2.05, 4.69) is 110 Å². The van der Waals surface area contributed by atoms with Crippen molar-refractivity contribution in [3.05, 3.63) is 142 Å². The summed E-state index contributed by atoms with van der Waals surface area (Å²) >= 11 is 0. The molecule has 2 fully saturated rings. The standard InChI is InChI=1S/2C23H24N.C13H22F2O2.Ir/c2*1-16-12-17(2)14-21(13-16)23-22-9-8-19(15-20(22)10-11-24-23)18-6-4-3-5-7-18;1-4-9(5-2)11(16)8-12(17)10(6-3)7-13(14)15;/h2*8-13,15,18H,3-7H2,1-2H3;8-10,13,17H,4-7H2,1-3H3;/q2*-1;;/b;;12-8-;/i10D,11D;;;. The van der Waals surface area contributed by atoms with E-state index in [-0.39, 0.29) is 49.8 Å². The number of pyridine rings is 2. The first-order valence-corrected chi connectivity index (χ1v) is 24.2. The molecule has 1 atom stereocenters. The summed E-state index contributed by atoms with van der Waals surface area (Å²) in [6, 6.07) is 31.1. The van der Waals surface area contributed by atoms with Gasteiger partial charge < -0.3 is 15.1 Å². The van der Waals surface area contributed by atoms with E-state index < -0.39 is 18.8 Å². The van der Waals surface area contributed by atoms with Gasteiger partial charge in [0.05, 0.1) is 8.50 Å². The molecule has 0 aliphatic heterocycles. The molecule has 353 valence electrons. The first kappa shape index (κ1) is 49.3. The van der Waals surface area contributed by atoms with Gasteiger partial charge in [0, 0.05) is 56.8 Å². The maximum absolute atomic E-state index is 12.2. The van der Waals surface area contributed by atoms with E-state index in [9.17, 15) is 18.7 Å². The van der Waals surface area contributed by atoms with Gasteiger partial charge in [-0.15, -0.1) is 69.8 Å². The third kappa shape index (κ3) is 14.2. The largest absolute Gasteiger partial charge is 0.512 e. The summed E-state index contributed by atoms with van der Waals surface area (Å²) in [4.78, 5) is 20.8. The third-order valence-electron chi connectivity index (χ3n) is 13.5. The molecule has 2 saturated carbocycles. The minimum atomic E-state index is -2.46. The molecular formula is C59H70F2IrN2O2-2. The van der Waals surface area contributed by atoms with Crippen molar-refractivity contribution in [2.45, 2.75) is 157 Å². The number of halogens is 2. The van der Waals surface area contributed by atoms with Crippen molar-refractivity contribution in [1.82, 2.24) is 9.97 Å². The van der Waals surface area contributed by atoms with Crippen molar-refractivity contribution in [1.29, 1.82) is 0 Å². The topological polar surface area (TPSA) is 63.1 Å². The molecule has 4 aromatic carbocycles. The zero-order valence-corrected chi connectivity index (χ0v) is 42.5. The van der Waals surface area contributed by atoms with Crippen molar-refractivity contribution < 1.29 is 41.5 Å². The van der Waals surface area contributed by atoms with Crippen LogP contribution in [0.25, 0.3) is 44.1 Å². The first-order valence-electron chi connectivity index (χ1n) is 25.2. The fourth-order valence-electron chi connectivity index (χ4n) is 9.90. The smallest absolute Gasteiger partial charge is 0.239 e. The number of carbonyl (C=O) groups excluding carboxylic acids is 1. The predicted octanol–water partition coefficient (Wildman–Crippen LogP) is 16.8. The third-order valence-corrected chi connectivity index (χ3v) is 13.5. The molecule has 0 saturated heterocycles. The van der Waals surface area contributed by atoms with E-state index in [1.165, 1.54) is 97.2 Å². The number of aromatic nitrogens is 2. The molecule has 0 amide bonds. The van der Waals surface area contributed by atoms with Crippen LogP contribution in [0.15, 0.2) is 97.0 Å². The molecule has 1 N–H and O–H groups in total. The summed E-state index contributed by atoms with van der Waals surface area (Å²) in [5.74, 6) is 0.220. The summed E-state index contributed by atoms with van der Waals surface area (Å²) < 4.78 is 41.1. The van der Waals surface area contributed by atoms with Crippen LogP contribution >= 0.6 is 0 Å². The molecule has 66 heavy (non-hydrogen) atoms. The minimum absolute atomic E-state index is 0. The van der Waals surface area contributed by atoms with Crippen molar-refractivity contribution in [2.24, 2.45) is 11.8 Å². The van der Waals surface area contributed by atoms with Crippen LogP contribution in [0.5, 0.6) is 0 Å². The molecule has 0 bridgehead atoms. The average Bonchev–Trinajstić information content (AvgIpc) is 3.32. The van der Waals surface area contributed by atoms with Gasteiger partial charge in [0.2, 0.25) is 6.43 Å². The molecule has 7 heteroatoms. The van der Waals surface area contributed by atoms with Gasteiger partial charge in [0.25, 0.3) is 0 Å². The van der Waals surface area contributed by atoms with Crippen LogP contribution in [0, 0.1) is 51.7 Å². The van der Waals surface area contributed by atoms with Crippen LogP contribution < -0.4 is 0 Å². The van der Waals surface area contributed by atoms with Gasteiger partial charge in [0.15, 0.2) is 5.78 Å². The number of fused-ring (bicyclic) bond motifs is 2. The molecule has 8 rings (SSSR count). The molecule has 0 spiro atoms. The number of ketones is 1. The minimum Gasteiger partial charge on any atom is -0.512 e. The summed E-state index contributed by atoms with van der Waals surface area (Å²) in [7, 11) is 0. The Kier molecular flexibility index (Phi) is 19.1. The van der Waals surface area contributed by atoms with E-state index in [1.807, 2.05) is 27.0 Å². The molecule has 6 aromatic rings. The van der Waals surface area contributed by atoms with Crippen molar-refractivity contribution in [3.63, 3.8) is 0 Å². The van der Waals surface area contributed by atoms with E-state index in [0.29, 0.717) is 25.2 Å². The Labute approximate surface area is 410 Å². The maximum Gasteiger partial charge on any atom is 0.239 e. The number of hydrogen-bond acceptors (Lipinski definition) is 4. The number of alkyl halides is 2. The van der Waals surface area contributed by atoms with Crippen molar-refractivity contribution in [2.75, 3.05) is 0 Å². The van der Waals surface area contributed by atoms with Crippen LogP contribution in [0.3, 0.4) is 0 Å². The molecule has 2 heterocycles. The molecule has 4 nitrogen and oxygen atoms in total. The number of aryl methyl sites for hydroxylation is 4. The average molecular weight is 1070 g/mol. The second-order valence-electron chi connectivity index (χ2n) is 18.5. The number of benzene rings is 4. The molecule has 1 radical (unpaired) electrons. The second-order valence-corrected chi connectivity index (χ2v) is 18.5. The second kappa shape index (κ2) is 25.5. The van der Waals surface area contributed by atoms with E-state index in [4.69, 9.17) is 2.74 Å². The van der Waals surface area contributed by atoms with E-state index >= 15 is 0 Å². The van der Waals surface area contributed by atoms with Crippen LogP contribution in [0.4, 0.5) is 8.78 Å². The van der Waals surface area contributed by atoms with Crippen LogP contribution in [-0.4, -0.2) is 27.3 Å². The normalized spacial score (nSPS) is 15.6. The Bertz CT molecular complexity index is 2610. The van der Waals surface area contributed by atoms with Gasteiger partial charge in [-0.25, -0.2) is 8.78 Å². The van der Waals surface area contributed by atoms with Gasteiger partial charge in [-0.2, -0.15) is 0 Å². The molecular weight excluding hydrogens is 999 g/mol. The monoisotopic (exact) mass is 1070 g/mol. The molecule has 2 aliphatic carbocycles. The number of hydrogen-bond donors (Lipinski definition) is 1. The van der Waals surface area contributed by atoms with Gasteiger partial charge in [-0.1, -0.05) is 123 Å². The number of aliphatic hydroxyl groups excluding tert-OH is 1. The zero-order chi connectivity index (χ0) is 48.2. The van der Waals surface area contributed by atoms with Gasteiger partial charge in [-0.05, 0) is 113 Å².